The lowest BCUT2D eigenvalue weighted by molar-refractivity contribution is -0.165. The quantitative estimate of drug-likeness (QED) is 0.722. The number of amides is 2. The number of aromatic amines is 1. The van der Waals surface area contributed by atoms with E-state index in [4.69, 9.17) is 0 Å². The number of fused-ring (bicyclic) bond motifs is 1. The molecule has 5 heterocycles. The van der Waals surface area contributed by atoms with Gasteiger partial charge in [-0.3, -0.25) is 14.9 Å². The Morgan fingerprint density at radius 2 is 1.96 bits per heavy atom. The zero-order valence-corrected chi connectivity index (χ0v) is 17.5. The molecule has 2 aromatic heterocycles. The first-order chi connectivity index (χ1) is 13.2. The molecule has 11 heteroatoms. The molecular weight excluding hydrogens is 398 g/mol. The van der Waals surface area contributed by atoms with Gasteiger partial charge in [-0.05, 0) is 60.5 Å². The largest absolute Gasteiger partial charge is 0.314 e. The molecule has 9 nitrogen and oxygen atoms in total. The number of nitrogens with zero attached hydrogens (tertiary/aromatic N) is 5. The molecule has 148 valence electrons. The number of nitrogens with one attached hydrogen (secondary N) is 2. The van der Waals surface area contributed by atoms with Crippen molar-refractivity contribution < 1.29 is 9.59 Å². The Hall–Kier alpha value is -1.98. The summed E-state index contributed by atoms with van der Waals surface area (Å²) in [7, 11) is 0. The van der Waals surface area contributed by atoms with Crippen LogP contribution in [0.15, 0.2) is 16.8 Å². The third-order valence-electron chi connectivity index (χ3n) is 5.77. The fraction of sp³-hybridized carbons (Fsp3) is 0.588. The van der Waals surface area contributed by atoms with Gasteiger partial charge in [0.1, 0.15) is 23.5 Å². The molecule has 2 aromatic rings. The van der Waals surface area contributed by atoms with Crippen LogP contribution in [0.1, 0.15) is 51.2 Å². The second-order valence-corrected chi connectivity index (χ2v) is 10.9. The van der Waals surface area contributed by atoms with Crippen molar-refractivity contribution in [2.24, 2.45) is 0 Å². The highest BCUT2D eigenvalue weighted by Gasteiger charge is 2.67. The Kier molecular flexibility index (Phi) is 3.72. The number of carbonyl (C=O) groups excluding carboxylic acids is 2. The van der Waals surface area contributed by atoms with E-state index >= 15 is 0 Å². The van der Waals surface area contributed by atoms with E-state index in [9.17, 15) is 9.59 Å². The van der Waals surface area contributed by atoms with Gasteiger partial charge >= 0.3 is 0 Å². The van der Waals surface area contributed by atoms with E-state index in [1.54, 1.807) is 28.0 Å². The summed E-state index contributed by atoms with van der Waals surface area (Å²) in [6, 6.07) is 0.790. The third-order valence-corrected chi connectivity index (χ3v) is 8.03. The minimum atomic E-state index is -0.618. The van der Waals surface area contributed by atoms with E-state index in [1.807, 2.05) is 35.6 Å². The Labute approximate surface area is 170 Å². The van der Waals surface area contributed by atoms with Crippen LogP contribution in [0, 0.1) is 0 Å². The van der Waals surface area contributed by atoms with Crippen LogP contribution in [0.2, 0.25) is 0 Å². The molecule has 0 spiro atoms. The second-order valence-electron chi connectivity index (χ2n) is 8.39. The highest BCUT2D eigenvalue weighted by molar-refractivity contribution is 8.01. The second kappa shape index (κ2) is 5.77. The monoisotopic (exact) mass is 419 g/mol. The topological polar surface area (TPSA) is 107 Å². The number of thioether (sulfide) groups is 1. The van der Waals surface area contributed by atoms with Crippen molar-refractivity contribution in [1.82, 2.24) is 35.7 Å². The van der Waals surface area contributed by atoms with Gasteiger partial charge in [0.15, 0.2) is 5.82 Å². The number of rotatable bonds is 3. The van der Waals surface area contributed by atoms with Gasteiger partial charge in [-0.15, -0.1) is 16.9 Å². The molecule has 28 heavy (non-hydrogen) atoms. The van der Waals surface area contributed by atoms with Gasteiger partial charge in [-0.25, -0.2) is 5.10 Å². The fourth-order valence-corrected chi connectivity index (χ4v) is 6.98. The number of hydrogen-bond acceptors (Lipinski definition) is 8. The zero-order valence-electron chi connectivity index (χ0n) is 15.9. The number of carbonyl (C=O) groups is 2. The van der Waals surface area contributed by atoms with Gasteiger partial charge in [-0.2, -0.15) is 11.3 Å². The van der Waals surface area contributed by atoms with E-state index in [-0.39, 0.29) is 28.0 Å². The van der Waals surface area contributed by atoms with Crippen LogP contribution in [0.3, 0.4) is 0 Å². The van der Waals surface area contributed by atoms with Crippen molar-refractivity contribution >= 4 is 34.9 Å². The van der Waals surface area contributed by atoms with Gasteiger partial charge < -0.3 is 9.80 Å². The van der Waals surface area contributed by atoms with Crippen molar-refractivity contribution in [2.75, 3.05) is 0 Å². The van der Waals surface area contributed by atoms with E-state index in [2.05, 4.69) is 39.8 Å². The fourth-order valence-electron chi connectivity index (χ4n) is 4.61. The van der Waals surface area contributed by atoms with Crippen LogP contribution in [0.25, 0.3) is 0 Å². The number of aromatic nitrogens is 4. The van der Waals surface area contributed by atoms with Crippen molar-refractivity contribution in [1.29, 1.82) is 0 Å². The maximum absolute atomic E-state index is 13.3. The summed E-state index contributed by atoms with van der Waals surface area (Å²) >= 11 is 3.25. The first-order valence-electron chi connectivity index (χ1n) is 9.09. The van der Waals surface area contributed by atoms with Gasteiger partial charge in [0, 0.05) is 4.75 Å². The predicted molar refractivity (Wildman–Crippen MR) is 104 cm³/mol. The number of tetrazole rings is 1. The molecule has 3 saturated heterocycles. The summed E-state index contributed by atoms with van der Waals surface area (Å²) in [4.78, 5) is 30.1. The SMILES string of the molecule is CC1(C)S[C@@H]2C(N3C(=O)C(c4ccsc4)NC3(C)C)C(=O)N2C1c1nnn[nH]1. The molecule has 3 aliphatic rings. The summed E-state index contributed by atoms with van der Waals surface area (Å²) in [6.07, 6.45) is 0. The van der Waals surface area contributed by atoms with Crippen LogP contribution in [-0.2, 0) is 9.59 Å². The number of hydrogen-bond donors (Lipinski definition) is 2. The highest BCUT2D eigenvalue weighted by Crippen LogP contribution is 2.58. The molecule has 3 fully saturated rings. The van der Waals surface area contributed by atoms with Crippen LogP contribution in [0.5, 0.6) is 0 Å². The van der Waals surface area contributed by atoms with Gasteiger partial charge in [0.2, 0.25) is 11.8 Å². The molecule has 2 amide bonds. The lowest BCUT2D eigenvalue weighted by Crippen LogP contribution is -2.71. The Morgan fingerprint density at radius 1 is 1.18 bits per heavy atom. The Morgan fingerprint density at radius 3 is 2.61 bits per heavy atom. The molecule has 3 aliphatic heterocycles. The van der Waals surface area contributed by atoms with Crippen molar-refractivity contribution in [3.63, 3.8) is 0 Å². The normalized spacial score (nSPS) is 33.3. The summed E-state index contributed by atoms with van der Waals surface area (Å²) < 4.78 is -0.274. The number of H-pyrrole nitrogens is 1. The Balaban J connectivity index is 1.47. The molecule has 3 unspecified atom stereocenters. The van der Waals surface area contributed by atoms with Crippen LogP contribution < -0.4 is 5.32 Å². The molecule has 0 aromatic carbocycles. The maximum Gasteiger partial charge on any atom is 0.250 e. The lowest BCUT2D eigenvalue weighted by Gasteiger charge is -2.50. The third kappa shape index (κ3) is 2.32. The summed E-state index contributed by atoms with van der Waals surface area (Å²) in [5.74, 6) is 0.469. The lowest BCUT2D eigenvalue weighted by atomic mass is 9.93. The predicted octanol–water partition coefficient (Wildman–Crippen LogP) is 1.27. The van der Waals surface area contributed by atoms with Gasteiger partial charge in [0.25, 0.3) is 0 Å². The number of thiophene rings is 1. The van der Waals surface area contributed by atoms with E-state index in [1.165, 1.54) is 0 Å². The molecule has 2 N–H and O–H groups in total. The minimum Gasteiger partial charge on any atom is -0.314 e. The average molecular weight is 420 g/mol. The van der Waals surface area contributed by atoms with Gasteiger partial charge in [-0.1, -0.05) is 0 Å². The first kappa shape index (κ1) is 18.1. The molecule has 4 atom stereocenters. The van der Waals surface area contributed by atoms with Crippen molar-refractivity contribution in [2.45, 2.75) is 61.6 Å². The molecule has 5 rings (SSSR count). The Bertz CT molecular complexity index is 927. The molecule has 0 radical (unpaired) electrons. The molecular formula is C17H21N7O2S2. The van der Waals surface area contributed by atoms with Crippen LogP contribution >= 0.6 is 23.1 Å². The zero-order chi connectivity index (χ0) is 19.8. The van der Waals surface area contributed by atoms with Crippen molar-refractivity contribution in [3.05, 3.63) is 28.2 Å². The van der Waals surface area contributed by atoms with E-state index < -0.39 is 17.7 Å². The highest BCUT2D eigenvalue weighted by atomic mass is 32.2. The average Bonchev–Trinajstić information content (AvgIpc) is 3.38. The molecule has 0 bridgehead atoms. The van der Waals surface area contributed by atoms with E-state index in [0.717, 1.165) is 5.56 Å². The standard InChI is InChI=1S/C17H21N7O2S2/c1-16(2)11(12-19-21-22-20-12)23-14(26)10(15(23)28-16)24-13(25)9(18-17(24,3)4)8-5-6-27-7-8/h5-7,9-11,15,18H,1-4H3,(H,19,20,21,22)/t9?,10?,11?,15-/m1/s1. The van der Waals surface area contributed by atoms with Gasteiger partial charge in [0.05, 0.1) is 5.66 Å². The maximum atomic E-state index is 13.3. The number of β-lactam (4-membered cyclic amide) rings is 1. The molecule has 0 saturated carbocycles. The molecule has 0 aliphatic carbocycles. The summed E-state index contributed by atoms with van der Waals surface area (Å²) in [5, 5.41) is 21.4. The van der Waals surface area contributed by atoms with Crippen molar-refractivity contribution in [3.8, 4) is 0 Å². The van der Waals surface area contributed by atoms with E-state index in [0.29, 0.717) is 5.82 Å². The minimum absolute atomic E-state index is 0.0513. The summed E-state index contributed by atoms with van der Waals surface area (Å²) in [5.41, 5.74) is 0.325. The first-order valence-corrected chi connectivity index (χ1v) is 10.9. The smallest absolute Gasteiger partial charge is 0.250 e. The summed E-state index contributed by atoms with van der Waals surface area (Å²) in [6.45, 7) is 8.07. The van der Waals surface area contributed by atoms with Crippen LogP contribution in [-0.4, -0.2) is 64.1 Å². The van der Waals surface area contributed by atoms with Crippen LogP contribution in [0.4, 0.5) is 0 Å².